The lowest BCUT2D eigenvalue weighted by Crippen LogP contribution is -2.32. The molecule has 0 spiro atoms. The van der Waals surface area contributed by atoms with Gasteiger partial charge in [0.05, 0.1) is 11.4 Å². The van der Waals surface area contributed by atoms with Crippen molar-refractivity contribution in [2.45, 2.75) is 16.9 Å². The van der Waals surface area contributed by atoms with Crippen molar-refractivity contribution in [3.8, 4) is 11.3 Å². The standard InChI is InChI=1S/C22H15ClF3N3O2S/c23-16-3-1-2-15(11-16)19-10-14(8-9-27-19)12-28-13-20(30)29(21(28)31)17-4-6-18(7-5-17)32-22(24,25)26/h1-11H,12-13H2. The maximum absolute atomic E-state index is 12.8. The number of benzene rings is 2. The second-order valence-electron chi connectivity index (χ2n) is 6.97. The van der Waals surface area contributed by atoms with Crippen molar-refractivity contribution >= 4 is 41.0 Å². The Hall–Kier alpha value is -3.04. The molecule has 0 atom stereocenters. The molecule has 2 aromatic carbocycles. The highest BCUT2D eigenvalue weighted by molar-refractivity contribution is 8.00. The van der Waals surface area contributed by atoms with Crippen LogP contribution in [-0.4, -0.2) is 33.9 Å². The van der Waals surface area contributed by atoms with Crippen LogP contribution in [0.5, 0.6) is 0 Å². The van der Waals surface area contributed by atoms with E-state index < -0.39 is 17.4 Å². The van der Waals surface area contributed by atoms with E-state index in [-0.39, 0.29) is 35.4 Å². The van der Waals surface area contributed by atoms with Crippen LogP contribution < -0.4 is 4.90 Å². The van der Waals surface area contributed by atoms with Gasteiger partial charge in [0.1, 0.15) is 6.54 Å². The molecular weight excluding hydrogens is 463 g/mol. The highest BCUT2D eigenvalue weighted by Gasteiger charge is 2.37. The number of rotatable bonds is 5. The maximum atomic E-state index is 12.8. The van der Waals surface area contributed by atoms with Gasteiger partial charge in [-0.2, -0.15) is 13.2 Å². The van der Waals surface area contributed by atoms with E-state index in [0.29, 0.717) is 10.7 Å². The third-order valence-electron chi connectivity index (χ3n) is 4.68. The van der Waals surface area contributed by atoms with Crippen LogP contribution in [0.25, 0.3) is 11.3 Å². The fraction of sp³-hybridized carbons (Fsp3) is 0.136. The Morgan fingerprint density at radius 2 is 1.78 bits per heavy atom. The zero-order valence-corrected chi connectivity index (χ0v) is 17.9. The van der Waals surface area contributed by atoms with Gasteiger partial charge in [-0.1, -0.05) is 23.7 Å². The second kappa shape index (κ2) is 8.84. The maximum Gasteiger partial charge on any atom is 0.446 e. The average molecular weight is 478 g/mol. The summed E-state index contributed by atoms with van der Waals surface area (Å²) in [4.78, 5) is 32.0. The Balaban J connectivity index is 1.49. The summed E-state index contributed by atoms with van der Waals surface area (Å²) >= 11 is 5.79. The van der Waals surface area contributed by atoms with Crippen molar-refractivity contribution in [2.24, 2.45) is 0 Å². The predicted molar refractivity (Wildman–Crippen MR) is 116 cm³/mol. The van der Waals surface area contributed by atoms with Crippen molar-refractivity contribution in [3.05, 3.63) is 77.4 Å². The zero-order chi connectivity index (χ0) is 22.9. The molecule has 32 heavy (non-hydrogen) atoms. The van der Waals surface area contributed by atoms with Gasteiger partial charge >= 0.3 is 11.5 Å². The van der Waals surface area contributed by atoms with E-state index >= 15 is 0 Å². The van der Waals surface area contributed by atoms with Crippen molar-refractivity contribution < 1.29 is 22.8 Å². The van der Waals surface area contributed by atoms with E-state index in [9.17, 15) is 22.8 Å². The van der Waals surface area contributed by atoms with Crippen LogP contribution in [0.2, 0.25) is 5.02 Å². The average Bonchev–Trinajstić information content (AvgIpc) is 3.01. The summed E-state index contributed by atoms with van der Waals surface area (Å²) in [6, 6.07) is 15.4. The van der Waals surface area contributed by atoms with E-state index in [1.54, 1.807) is 24.4 Å². The van der Waals surface area contributed by atoms with Crippen LogP contribution in [0, 0.1) is 0 Å². The van der Waals surface area contributed by atoms with E-state index in [2.05, 4.69) is 4.98 Å². The Kier molecular flexibility index (Phi) is 6.12. The van der Waals surface area contributed by atoms with Gasteiger partial charge in [-0.25, -0.2) is 9.69 Å². The number of pyridine rings is 1. The lowest BCUT2D eigenvalue weighted by Gasteiger charge is -2.18. The molecule has 5 nitrogen and oxygen atoms in total. The largest absolute Gasteiger partial charge is 0.446 e. The smallest absolute Gasteiger partial charge is 0.310 e. The molecule has 0 N–H and O–H groups in total. The van der Waals surface area contributed by atoms with Crippen LogP contribution >= 0.6 is 23.4 Å². The van der Waals surface area contributed by atoms with Crippen molar-refractivity contribution in [1.29, 1.82) is 0 Å². The molecule has 4 rings (SSSR count). The number of anilines is 1. The van der Waals surface area contributed by atoms with Gasteiger partial charge in [0, 0.05) is 28.2 Å². The number of thioether (sulfide) groups is 1. The number of carbonyl (C=O) groups is 2. The first-order valence-corrected chi connectivity index (χ1v) is 10.6. The van der Waals surface area contributed by atoms with Gasteiger partial charge in [-0.3, -0.25) is 9.78 Å². The monoisotopic (exact) mass is 477 g/mol. The number of alkyl halides is 3. The van der Waals surface area contributed by atoms with Crippen molar-refractivity contribution in [1.82, 2.24) is 9.88 Å². The number of hydrogen-bond acceptors (Lipinski definition) is 4. The number of amides is 3. The second-order valence-corrected chi connectivity index (χ2v) is 8.54. The number of carbonyl (C=O) groups excluding carboxylic acids is 2. The van der Waals surface area contributed by atoms with E-state index in [1.165, 1.54) is 29.2 Å². The Labute approximate surface area is 190 Å². The zero-order valence-electron chi connectivity index (χ0n) is 16.3. The van der Waals surface area contributed by atoms with E-state index in [1.807, 2.05) is 18.2 Å². The molecular formula is C22H15ClF3N3O2S. The fourth-order valence-electron chi connectivity index (χ4n) is 3.32. The molecule has 0 saturated carbocycles. The van der Waals surface area contributed by atoms with Gasteiger partial charge in [0.25, 0.3) is 5.91 Å². The van der Waals surface area contributed by atoms with Gasteiger partial charge in [-0.15, -0.1) is 0 Å². The van der Waals surface area contributed by atoms with Gasteiger partial charge in [0.2, 0.25) is 0 Å². The first kappa shape index (κ1) is 22.2. The predicted octanol–water partition coefficient (Wildman–Crippen LogP) is 5.98. The SMILES string of the molecule is O=C1CN(Cc2ccnc(-c3cccc(Cl)c3)c2)C(=O)N1c1ccc(SC(F)(F)F)cc1. The summed E-state index contributed by atoms with van der Waals surface area (Å²) in [6.45, 7) is 0.0475. The molecule has 3 amide bonds. The van der Waals surface area contributed by atoms with E-state index in [4.69, 9.17) is 11.6 Å². The number of nitrogens with zero attached hydrogens (tertiary/aromatic N) is 3. The van der Waals surface area contributed by atoms with Gasteiger partial charge < -0.3 is 4.90 Å². The molecule has 10 heteroatoms. The van der Waals surface area contributed by atoms with Crippen LogP contribution in [0.3, 0.4) is 0 Å². The molecule has 1 aliphatic rings. The third kappa shape index (κ3) is 5.05. The number of hydrogen-bond donors (Lipinski definition) is 0. The minimum Gasteiger partial charge on any atom is -0.310 e. The molecule has 1 aromatic heterocycles. The van der Waals surface area contributed by atoms with Crippen LogP contribution in [0.4, 0.5) is 23.7 Å². The number of aromatic nitrogens is 1. The normalized spacial score (nSPS) is 14.4. The van der Waals surface area contributed by atoms with Crippen LogP contribution in [-0.2, 0) is 11.3 Å². The summed E-state index contributed by atoms with van der Waals surface area (Å²) in [5.74, 6) is -0.449. The quantitative estimate of drug-likeness (QED) is 0.335. The molecule has 0 unspecified atom stereocenters. The van der Waals surface area contributed by atoms with Crippen molar-refractivity contribution in [3.63, 3.8) is 0 Å². The molecule has 1 saturated heterocycles. The molecule has 2 heterocycles. The molecule has 1 aliphatic heterocycles. The lowest BCUT2D eigenvalue weighted by molar-refractivity contribution is -0.116. The van der Waals surface area contributed by atoms with Gasteiger partial charge in [0.15, 0.2) is 0 Å². The topological polar surface area (TPSA) is 53.5 Å². The molecule has 0 aliphatic carbocycles. The minimum absolute atomic E-state index is 0.0254. The summed E-state index contributed by atoms with van der Waals surface area (Å²) in [5, 5.41) is 0.574. The highest BCUT2D eigenvalue weighted by atomic mass is 35.5. The third-order valence-corrected chi connectivity index (χ3v) is 5.66. The first-order valence-electron chi connectivity index (χ1n) is 9.38. The number of imide groups is 1. The molecule has 0 radical (unpaired) electrons. The number of halogens is 4. The summed E-state index contributed by atoms with van der Waals surface area (Å²) in [7, 11) is 0. The Morgan fingerprint density at radius 1 is 1.03 bits per heavy atom. The molecule has 164 valence electrons. The van der Waals surface area contributed by atoms with E-state index in [0.717, 1.165) is 16.0 Å². The molecule has 3 aromatic rings. The van der Waals surface area contributed by atoms with Crippen LogP contribution in [0.1, 0.15) is 5.56 Å². The summed E-state index contributed by atoms with van der Waals surface area (Å²) < 4.78 is 37.5. The Morgan fingerprint density at radius 3 is 2.47 bits per heavy atom. The van der Waals surface area contributed by atoms with Crippen LogP contribution in [0.15, 0.2) is 71.8 Å². The Bertz CT molecular complexity index is 1170. The summed E-state index contributed by atoms with van der Waals surface area (Å²) in [5.41, 5.74) is -1.91. The summed E-state index contributed by atoms with van der Waals surface area (Å²) in [6.07, 6.45) is 1.61. The highest BCUT2D eigenvalue weighted by Crippen LogP contribution is 2.37. The lowest BCUT2D eigenvalue weighted by atomic mass is 10.1. The van der Waals surface area contributed by atoms with Crippen molar-refractivity contribution in [2.75, 3.05) is 11.4 Å². The van der Waals surface area contributed by atoms with Gasteiger partial charge in [-0.05, 0) is 65.9 Å². The fourth-order valence-corrected chi connectivity index (χ4v) is 4.05. The number of urea groups is 1. The first-order chi connectivity index (χ1) is 15.2. The minimum atomic E-state index is -4.41. The molecule has 1 fully saturated rings. The molecule has 0 bridgehead atoms.